The van der Waals surface area contributed by atoms with Crippen molar-refractivity contribution < 1.29 is 24.2 Å². The van der Waals surface area contributed by atoms with Crippen LogP contribution in [0.2, 0.25) is 0 Å². The van der Waals surface area contributed by atoms with E-state index in [0.29, 0.717) is 36.8 Å². The Hall–Kier alpha value is -3.12. The molecule has 1 heterocycles. The van der Waals surface area contributed by atoms with E-state index in [1.807, 2.05) is 24.3 Å². The lowest BCUT2D eigenvalue weighted by molar-refractivity contribution is -0.140. The number of amides is 1. The highest BCUT2D eigenvalue weighted by Crippen LogP contribution is 2.40. The Bertz CT molecular complexity index is 960. The van der Waals surface area contributed by atoms with Crippen LogP contribution in [0.5, 0.6) is 5.75 Å². The lowest BCUT2D eigenvalue weighted by Crippen LogP contribution is -2.31. The van der Waals surface area contributed by atoms with Crippen LogP contribution in [0.4, 0.5) is 0 Å². The van der Waals surface area contributed by atoms with Crippen LogP contribution < -0.4 is 4.74 Å². The summed E-state index contributed by atoms with van der Waals surface area (Å²) in [7, 11) is 3.15. The second-order valence-corrected chi connectivity index (χ2v) is 7.89. The van der Waals surface area contributed by atoms with Crippen molar-refractivity contribution in [1.29, 1.82) is 0 Å². The molecule has 2 aromatic rings. The molecule has 1 saturated heterocycles. The molecule has 0 aromatic heterocycles. The Morgan fingerprint density at radius 1 is 1.03 bits per heavy atom. The van der Waals surface area contributed by atoms with Gasteiger partial charge in [0.2, 0.25) is 0 Å². The van der Waals surface area contributed by atoms with Crippen molar-refractivity contribution in [2.24, 2.45) is 0 Å². The number of methoxy groups -OCH3 is 2. The molecule has 6 heteroatoms. The summed E-state index contributed by atoms with van der Waals surface area (Å²) in [5.74, 6) is -0.472. The lowest BCUT2D eigenvalue weighted by atomic mass is 9.93. The number of hydrogen-bond acceptors (Lipinski definition) is 5. The van der Waals surface area contributed by atoms with Gasteiger partial charge in [0, 0.05) is 25.8 Å². The van der Waals surface area contributed by atoms with E-state index < -0.39 is 17.7 Å². The molecule has 3 rings (SSSR count). The lowest BCUT2D eigenvalue weighted by Gasteiger charge is -2.25. The molecule has 1 fully saturated rings. The predicted octanol–water partition coefficient (Wildman–Crippen LogP) is 4.28. The van der Waals surface area contributed by atoms with E-state index in [4.69, 9.17) is 9.47 Å². The molecule has 0 bridgehead atoms. The van der Waals surface area contributed by atoms with Crippen molar-refractivity contribution in [3.05, 3.63) is 70.8 Å². The van der Waals surface area contributed by atoms with Crippen LogP contribution in [0.15, 0.2) is 54.1 Å². The highest BCUT2D eigenvalue weighted by Gasteiger charge is 2.45. The molecule has 0 saturated carbocycles. The predicted molar refractivity (Wildman–Crippen MR) is 119 cm³/mol. The Kier molecular flexibility index (Phi) is 7.13. The highest BCUT2D eigenvalue weighted by molar-refractivity contribution is 6.46. The average molecular weight is 424 g/mol. The van der Waals surface area contributed by atoms with E-state index in [1.165, 1.54) is 4.90 Å². The number of carbonyl (C=O) groups excluding carboxylic acids is 2. The van der Waals surface area contributed by atoms with Gasteiger partial charge in [-0.1, -0.05) is 38.1 Å². The van der Waals surface area contributed by atoms with Crippen molar-refractivity contribution in [2.45, 2.75) is 32.2 Å². The van der Waals surface area contributed by atoms with Crippen molar-refractivity contribution in [1.82, 2.24) is 4.90 Å². The molecule has 2 aromatic carbocycles. The summed E-state index contributed by atoms with van der Waals surface area (Å²) in [5.41, 5.74) is 2.51. The van der Waals surface area contributed by atoms with Crippen LogP contribution in [0, 0.1) is 0 Å². The molecule has 31 heavy (non-hydrogen) atoms. The summed E-state index contributed by atoms with van der Waals surface area (Å²) >= 11 is 0. The summed E-state index contributed by atoms with van der Waals surface area (Å²) in [6.07, 6.45) is 0.590. The third-order valence-corrected chi connectivity index (χ3v) is 5.57. The van der Waals surface area contributed by atoms with Gasteiger partial charge in [0.15, 0.2) is 0 Å². The van der Waals surface area contributed by atoms with E-state index in [9.17, 15) is 14.7 Å². The number of carbonyl (C=O) groups is 2. The van der Waals surface area contributed by atoms with Gasteiger partial charge in [0.05, 0.1) is 18.7 Å². The van der Waals surface area contributed by atoms with Crippen LogP contribution in [0.1, 0.15) is 48.9 Å². The van der Waals surface area contributed by atoms with E-state index >= 15 is 0 Å². The van der Waals surface area contributed by atoms with Crippen LogP contribution in [-0.4, -0.2) is 49.1 Å². The van der Waals surface area contributed by atoms with E-state index in [-0.39, 0.29) is 11.3 Å². The zero-order chi connectivity index (χ0) is 22.5. The van der Waals surface area contributed by atoms with E-state index in [0.717, 1.165) is 11.1 Å². The van der Waals surface area contributed by atoms with Gasteiger partial charge in [-0.3, -0.25) is 9.59 Å². The van der Waals surface area contributed by atoms with Crippen LogP contribution in [0.25, 0.3) is 5.76 Å². The third kappa shape index (κ3) is 4.64. The fraction of sp³-hybridized carbons (Fsp3) is 0.360. The molecular formula is C25H29NO5. The standard InChI is InChI=1S/C25H29NO5/c1-16(2)17-6-8-18(9-7-17)22-21(23(27)19-10-12-20(31-4)13-11-19)24(28)25(29)26(22)14-5-15-30-3/h6-13,16,22,27H,5,14-15H2,1-4H3/t22-/m0/s1. The smallest absolute Gasteiger partial charge is 0.295 e. The summed E-state index contributed by atoms with van der Waals surface area (Å²) in [6, 6.07) is 14.0. The van der Waals surface area contributed by atoms with Gasteiger partial charge >= 0.3 is 0 Å². The molecule has 1 amide bonds. The molecule has 164 valence electrons. The summed E-state index contributed by atoms with van der Waals surface area (Å²) in [6.45, 7) is 5.04. The number of ketones is 1. The van der Waals surface area contributed by atoms with Crippen LogP contribution in [0.3, 0.4) is 0 Å². The number of rotatable bonds is 8. The second kappa shape index (κ2) is 9.79. The summed E-state index contributed by atoms with van der Waals surface area (Å²) < 4.78 is 10.3. The molecule has 0 radical (unpaired) electrons. The summed E-state index contributed by atoms with van der Waals surface area (Å²) in [4.78, 5) is 27.4. The minimum atomic E-state index is -0.677. The zero-order valence-electron chi connectivity index (χ0n) is 18.4. The fourth-order valence-corrected chi connectivity index (χ4v) is 3.80. The van der Waals surface area contributed by atoms with Gasteiger partial charge < -0.3 is 19.5 Å². The number of Topliss-reactive ketones (excluding diaryl/α,β-unsaturated/α-hetero) is 1. The molecular weight excluding hydrogens is 394 g/mol. The van der Waals surface area contributed by atoms with Crippen LogP contribution >= 0.6 is 0 Å². The molecule has 6 nitrogen and oxygen atoms in total. The fourth-order valence-electron chi connectivity index (χ4n) is 3.80. The van der Waals surface area contributed by atoms with Gasteiger partial charge in [0.1, 0.15) is 11.5 Å². The average Bonchev–Trinajstić information content (AvgIpc) is 3.04. The van der Waals surface area contributed by atoms with Gasteiger partial charge in [0.25, 0.3) is 11.7 Å². The number of hydrogen-bond donors (Lipinski definition) is 1. The Morgan fingerprint density at radius 3 is 2.23 bits per heavy atom. The number of aliphatic hydroxyl groups excluding tert-OH is 1. The maximum absolute atomic E-state index is 13.0. The van der Waals surface area contributed by atoms with Crippen molar-refractivity contribution in [2.75, 3.05) is 27.4 Å². The largest absolute Gasteiger partial charge is 0.507 e. The van der Waals surface area contributed by atoms with Crippen molar-refractivity contribution in [3.63, 3.8) is 0 Å². The maximum Gasteiger partial charge on any atom is 0.295 e. The minimum Gasteiger partial charge on any atom is -0.507 e. The monoisotopic (exact) mass is 423 g/mol. The third-order valence-electron chi connectivity index (χ3n) is 5.57. The van der Waals surface area contributed by atoms with Crippen LogP contribution in [-0.2, 0) is 14.3 Å². The summed E-state index contributed by atoms with van der Waals surface area (Å²) in [5, 5.41) is 11.1. The van der Waals surface area contributed by atoms with Gasteiger partial charge in [-0.15, -0.1) is 0 Å². The topological polar surface area (TPSA) is 76.1 Å². The minimum absolute atomic E-state index is 0.102. The number of nitrogens with zero attached hydrogens (tertiary/aromatic N) is 1. The Balaban J connectivity index is 2.09. The first-order chi connectivity index (χ1) is 14.9. The quantitative estimate of drug-likeness (QED) is 0.297. The molecule has 1 atom stereocenters. The van der Waals surface area contributed by atoms with Gasteiger partial charge in [-0.05, 0) is 47.7 Å². The number of ether oxygens (including phenoxy) is 2. The normalized spacial score (nSPS) is 18.1. The molecule has 0 unspecified atom stereocenters. The highest BCUT2D eigenvalue weighted by atomic mass is 16.5. The number of aliphatic hydroxyl groups is 1. The molecule has 0 spiro atoms. The zero-order valence-corrected chi connectivity index (χ0v) is 18.4. The molecule has 1 aliphatic heterocycles. The van der Waals surface area contributed by atoms with Crippen molar-refractivity contribution in [3.8, 4) is 5.75 Å². The Labute approximate surface area is 183 Å². The molecule has 1 N–H and O–H groups in total. The Morgan fingerprint density at radius 2 is 1.68 bits per heavy atom. The van der Waals surface area contributed by atoms with Gasteiger partial charge in [-0.25, -0.2) is 0 Å². The van der Waals surface area contributed by atoms with Gasteiger partial charge in [-0.2, -0.15) is 0 Å². The first-order valence-corrected chi connectivity index (χ1v) is 10.4. The number of likely N-dealkylation sites (tertiary alicyclic amines) is 1. The van der Waals surface area contributed by atoms with E-state index in [1.54, 1.807) is 38.5 Å². The first-order valence-electron chi connectivity index (χ1n) is 10.4. The SMILES string of the molecule is COCCCN1C(=O)C(=O)C(=C(O)c2ccc(OC)cc2)[C@@H]1c1ccc(C(C)C)cc1. The second-order valence-electron chi connectivity index (χ2n) is 7.89. The number of benzene rings is 2. The van der Waals surface area contributed by atoms with Crippen molar-refractivity contribution >= 4 is 17.4 Å². The first kappa shape index (κ1) is 22.6. The molecule has 0 aliphatic carbocycles. The maximum atomic E-state index is 13.0. The molecule has 1 aliphatic rings. The van der Waals surface area contributed by atoms with E-state index in [2.05, 4.69) is 13.8 Å².